The molecule has 0 unspecified atom stereocenters. The Morgan fingerprint density at radius 1 is 0.795 bits per heavy atom. The number of benzene rings is 4. The van der Waals surface area contributed by atoms with E-state index in [4.69, 9.17) is 9.47 Å². The van der Waals surface area contributed by atoms with Gasteiger partial charge in [-0.3, -0.25) is 19.5 Å². The Balaban J connectivity index is 1.41. The molecule has 0 aliphatic carbocycles. The maximum atomic E-state index is 14.2. The standard InChI is InChI=1S/C34H23N3O6S/c1-20-6-8-23(9-7-20)44(40,41)37-18-27(24-4-2-3-5-28(24)37)31-25-16-30-29(42-19-43-30)15-22(25)14-26-32(31)34(39)36(33(26)38)17-21-10-12-35-13-11-21/h2-16,18H,17,19H2,1H3. The molecule has 0 radical (unpaired) electrons. The van der Waals surface area contributed by atoms with E-state index in [1.807, 2.05) is 19.1 Å². The van der Waals surface area contributed by atoms with Gasteiger partial charge in [0.25, 0.3) is 21.8 Å². The molecule has 44 heavy (non-hydrogen) atoms. The van der Waals surface area contributed by atoms with Gasteiger partial charge in [-0.1, -0.05) is 35.9 Å². The average Bonchev–Trinajstić information content (AvgIpc) is 3.72. The number of nitrogens with zero attached hydrogens (tertiary/aromatic N) is 3. The van der Waals surface area contributed by atoms with E-state index in [1.54, 1.807) is 85.3 Å². The SMILES string of the molecule is Cc1ccc(S(=O)(=O)n2cc(-c3c4c(cc5cc6c(cc35)OCO6)C(=O)N(Cc3ccncc3)C4=O)c3ccccc32)cc1. The van der Waals surface area contributed by atoms with Crippen LogP contribution in [0.25, 0.3) is 32.8 Å². The molecule has 0 spiro atoms. The fraction of sp³-hybridized carbons (Fsp3) is 0.0882. The number of hydrogen-bond acceptors (Lipinski definition) is 7. The maximum Gasteiger partial charge on any atom is 0.268 e. The van der Waals surface area contributed by atoms with Crippen molar-refractivity contribution < 1.29 is 27.5 Å². The predicted octanol–water partition coefficient (Wildman–Crippen LogP) is 5.93. The minimum absolute atomic E-state index is 0.0480. The molecule has 2 aliphatic rings. The van der Waals surface area contributed by atoms with E-state index in [-0.39, 0.29) is 29.4 Å². The van der Waals surface area contributed by atoms with Gasteiger partial charge >= 0.3 is 0 Å². The van der Waals surface area contributed by atoms with Gasteiger partial charge in [0.15, 0.2) is 11.5 Å². The molecule has 0 atom stereocenters. The number of amides is 2. The molecule has 2 aromatic heterocycles. The van der Waals surface area contributed by atoms with Crippen LogP contribution >= 0.6 is 0 Å². The van der Waals surface area contributed by atoms with Crippen LogP contribution in [0.5, 0.6) is 11.5 Å². The van der Waals surface area contributed by atoms with Gasteiger partial charge in [0, 0.05) is 35.1 Å². The molecule has 2 amide bonds. The van der Waals surface area contributed by atoms with Gasteiger partial charge in [0.05, 0.1) is 28.1 Å². The number of carbonyl (C=O) groups is 2. The summed E-state index contributed by atoms with van der Waals surface area (Å²) in [4.78, 5) is 33.4. The molecular weight excluding hydrogens is 578 g/mol. The van der Waals surface area contributed by atoms with Crippen LogP contribution in [0.3, 0.4) is 0 Å². The summed E-state index contributed by atoms with van der Waals surface area (Å²) in [6.07, 6.45) is 4.76. The van der Waals surface area contributed by atoms with Crippen molar-refractivity contribution in [3.63, 3.8) is 0 Å². The van der Waals surface area contributed by atoms with Gasteiger partial charge in [-0.25, -0.2) is 12.4 Å². The van der Waals surface area contributed by atoms with Gasteiger partial charge < -0.3 is 9.47 Å². The first-order valence-electron chi connectivity index (χ1n) is 13.9. The highest BCUT2D eigenvalue weighted by atomic mass is 32.2. The molecule has 0 N–H and O–H groups in total. The Hall–Kier alpha value is -5.48. The van der Waals surface area contributed by atoms with E-state index in [0.717, 1.165) is 11.1 Å². The van der Waals surface area contributed by atoms with Gasteiger partial charge in [0.2, 0.25) is 6.79 Å². The molecule has 10 heteroatoms. The predicted molar refractivity (Wildman–Crippen MR) is 163 cm³/mol. The minimum atomic E-state index is -4.02. The largest absolute Gasteiger partial charge is 0.454 e. The highest BCUT2D eigenvalue weighted by Gasteiger charge is 2.40. The molecule has 0 fully saturated rings. The van der Waals surface area contributed by atoms with Crippen LogP contribution in [0.2, 0.25) is 0 Å². The molecule has 9 nitrogen and oxygen atoms in total. The third-order valence-corrected chi connectivity index (χ3v) is 9.87. The first kappa shape index (κ1) is 26.2. The topological polar surface area (TPSA) is 108 Å². The van der Waals surface area contributed by atoms with E-state index in [2.05, 4.69) is 4.98 Å². The van der Waals surface area contributed by atoms with Gasteiger partial charge in [-0.15, -0.1) is 0 Å². The monoisotopic (exact) mass is 601 g/mol. The third-order valence-electron chi connectivity index (χ3n) is 8.18. The molecule has 216 valence electrons. The number of rotatable bonds is 5. The number of hydrogen-bond donors (Lipinski definition) is 0. The number of aryl methyl sites for hydroxylation is 1. The van der Waals surface area contributed by atoms with Crippen molar-refractivity contribution >= 4 is 43.5 Å². The zero-order valence-electron chi connectivity index (χ0n) is 23.4. The van der Waals surface area contributed by atoms with Crippen molar-refractivity contribution in [1.82, 2.24) is 13.9 Å². The molecule has 0 saturated carbocycles. The fourth-order valence-corrected chi connectivity index (χ4v) is 7.39. The van der Waals surface area contributed by atoms with Crippen molar-refractivity contribution in [3.05, 3.63) is 120 Å². The number of fused-ring (bicyclic) bond motifs is 4. The third kappa shape index (κ3) is 3.84. The fourth-order valence-electron chi connectivity index (χ4n) is 6.02. The summed E-state index contributed by atoms with van der Waals surface area (Å²) in [5.41, 5.74) is 3.55. The number of carbonyl (C=O) groups excluding carboxylic acids is 2. The number of pyridine rings is 1. The first-order chi connectivity index (χ1) is 21.3. The Bertz CT molecular complexity index is 2290. The average molecular weight is 602 g/mol. The molecule has 6 aromatic rings. The smallest absolute Gasteiger partial charge is 0.268 e. The number of aromatic nitrogens is 2. The molecule has 8 rings (SSSR count). The van der Waals surface area contributed by atoms with E-state index in [0.29, 0.717) is 44.3 Å². The lowest BCUT2D eigenvalue weighted by Gasteiger charge is -2.14. The van der Waals surface area contributed by atoms with Crippen LogP contribution in [0.4, 0.5) is 0 Å². The van der Waals surface area contributed by atoms with E-state index in [1.165, 1.54) is 8.87 Å². The second-order valence-electron chi connectivity index (χ2n) is 10.8. The van der Waals surface area contributed by atoms with Gasteiger partial charge in [-0.2, -0.15) is 0 Å². The van der Waals surface area contributed by atoms with Crippen LogP contribution in [-0.4, -0.2) is 40.9 Å². The molecule has 0 bridgehead atoms. The van der Waals surface area contributed by atoms with E-state index < -0.39 is 21.8 Å². The zero-order valence-corrected chi connectivity index (χ0v) is 24.2. The van der Waals surface area contributed by atoms with Crippen molar-refractivity contribution in [3.8, 4) is 22.6 Å². The summed E-state index contributed by atoms with van der Waals surface area (Å²) in [5.74, 6) is 0.131. The molecule has 4 heterocycles. The Morgan fingerprint density at radius 3 is 2.30 bits per heavy atom. The van der Waals surface area contributed by atoms with Crippen molar-refractivity contribution in [1.29, 1.82) is 0 Å². The normalized spacial score (nSPS) is 14.2. The van der Waals surface area contributed by atoms with Crippen LogP contribution in [-0.2, 0) is 16.6 Å². The quantitative estimate of drug-likeness (QED) is 0.226. The van der Waals surface area contributed by atoms with Gasteiger partial charge in [0.1, 0.15) is 0 Å². The summed E-state index contributed by atoms with van der Waals surface area (Å²) < 4.78 is 40.6. The van der Waals surface area contributed by atoms with Crippen molar-refractivity contribution in [2.75, 3.05) is 6.79 Å². The van der Waals surface area contributed by atoms with Crippen LogP contribution in [0.15, 0.2) is 102 Å². The lowest BCUT2D eigenvalue weighted by Crippen LogP contribution is -2.29. The second kappa shape index (κ2) is 9.51. The van der Waals surface area contributed by atoms with Crippen LogP contribution in [0, 0.1) is 6.92 Å². The van der Waals surface area contributed by atoms with Crippen LogP contribution < -0.4 is 9.47 Å². The van der Waals surface area contributed by atoms with E-state index in [9.17, 15) is 18.0 Å². The molecular formula is C34H23N3O6S. The summed E-state index contributed by atoms with van der Waals surface area (Å²) in [6.45, 7) is 2.01. The van der Waals surface area contributed by atoms with Crippen molar-refractivity contribution in [2.24, 2.45) is 0 Å². The summed E-state index contributed by atoms with van der Waals surface area (Å²) in [6, 6.07) is 22.6. The van der Waals surface area contributed by atoms with Gasteiger partial charge in [-0.05, 0) is 71.8 Å². The minimum Gasteiger partial charge on any atom is -0.454 e. The zero-order chi connectivity index (χ0) is 30.2. The van der Waals surface area contributed by atoms with Crippen LogP contribution in [0.1, 0.15) is 31.8 Å². The summed E-state index contributed by atoms with van der Waals surface area (Å²) in [5, 5.41) is 1.91. The second-order valence-corrected chi connectivity index (χ2v) is 12.6. The van der Waals surface area contributed by atoms with Crippen molar-refractivity contribution in [2.45, 2.75) is 18.4 Å². The highest BCUT2D eigenvalue weighted by Crippen LogP contribution is 2.46. The summed E-state index contributed by atoms with van der Waals surface area (Å²) >= 11 is 0. The lowest BCUT2D eigenvalue weighted by molar-refractivity contribution is 0.0642. The number of para-hydroxylation sites is 1. The summed E-state index contributed by atoms with van der Waals surface area (Å²) in [7, 11) is -4.02. The first-order valence-corrected chi connectivity index (χ1v) is 15.3. The Kier molecular flexibility index (Phi) is 5.66. The Labute approximate surface area is 251 Å². The maximum absolute atomic E-state index is 14.2. The highest BCUT2D eigenvalue weighted by molar-refractivity contribution is 7.90. The Morgan fingerprint density at radius 2 is 1.52 bits per heavy atom. The molecule has 2 aliphatic heterocycles. The lowest BCUT2D eigenvalue weighted by atomic mass is 9.90. The number of ether oxygens (including phenoxy) is 2. The molecule has 0 saturated heterocycles. The number of imide groups is 1. The molecule has 4 aromatic carbocycles. The van der Waals surface area contributed by atoms with E-state index >= 15 is 0 Å².